The zero-order valence-corrected chi connectivity index (χ0v) is 25.8. The van der Waals surface area contributed by atoms with Crippen LogP contribution in [0.5, 0.6) is 0 Å². The molecule has 2 aliphatic heterocycles. The molecule has 2 amide bonds. The number of fused-ring (bicyclic) bond motifs is 1. The molecule has 2 saturated heterocycles. The maximum atomic E-state index is 13.4. The smallest absolute Gasteiger partial charge is 0.407 e. The lowest BCUT2D eigenvalue weighted by molar-refractivity contribution is -0.0365. The van der Waals surface area contributed by atoms with Gasteiger partial charge in [-0.25, -0.2) is 14.5 Å². The number of imidazole rings is 1. The number of carbonyl (C=O) groups excluding carboxylic acids is 1. The molecule has 12 heteroatoms. The number of hydrogen-bond acceptors (Lipinski definition) is 7. The quantitative estimate of drug-likeness (QED) is 0.296. The van der Waals surface area contributed by atoms with E-state index in [0.29, 0.717) is 30.4 Å². The van der Waals surface area contributed by atoms with E-state index in [-0.39, 0.29) is 24.7 Å². The van der Waals surface area contributed by atoms with Gasteiger partial charge in [-0.1, -0.05) is 6.07 Å². The van der Waals surface area contributed by atoms with Crippen LogP contribution in [0, 0.1) is 6.92 Å². The van der Waals surface area contributed by atoms with Crippen molar-refractivity contribution in [1.29, 1.82) is 0 Å². The maximum Gasteiger partial charge on any atom is 0.407 e. The van der Waals surface area contributed by atoms with Crippen LogP contribution in [-0.4, -0.2) is 103 Å². The van der Waals surface area contributed by atoms with E-state index in [4.69, 9.17) is 9.84 Å². The highest BCUT2D eigenvalue weighted by atomic mass is 16.5. The third-order valence-electron chi connectivity index (χ3n) is 9.04. The number of ether oxygens (including phenoxy) is 1. The lowest BCUT2D eigenvalue weighted by Gasteiger charge is -2.23. The van der Waals surface area contributed by atoms with Gasteiger partial charge in [0.15, 0.2) is 12.1 Å². The largest absolute Gasteiger partial charge is 0.465 e. The van der Waals surface area contributed by atoms with Crippen LogP contribution in [0.2, 0.25) is 0 Å². The summed E-state index contributed by atoms with van der Waals surface area (Å²) in [6, 6.07) is 6.32. The molecule has 2 aliphatic rings. The first-order valence-corrected chi connectivity index (χ1v) is 15.3. The van der Waals surface area contributed by atoms with E-state index in [2.05, 4.69) is 33.0 Å². The van der Waals surface area contributed by atoms with Crippen molar-refractivity contribution >= 4 is 22.9 Å². The predicted octanol–water partition coefficient (Wildman–Crippen LogP) is 4.77. The van der Waals surface area contributed by atoms with E-state index in [1.165, 1.54) is 4.90 Å². The highest BCUT2D eigenvalue weighted by Crippen LogP contribution is 2.36. The molecule has 4 aromatic rings. The van der Waals surface area contributed by atoms with Gasteiger partial charge in [0.25, 0.3) is 5.91 Å². The monoisotopic (exact) mass is 600 g/mol. The molecule has 232 valence electrons. The molecule has 2 atom stereocenters. The lowest BCUT2D eigenvalue weighted by Crippen LogP contribution is -2.38. The van der Waals surface area contributed by atoms with Crippen LogP contribution in [0.15, 0.2) is 36.8 Å². The summed E-state index contributed by atoms with van der Waals surface area (Å²) in [4.78, 5) is 42.8. The van der Waals surface area contributed by atoms with Gasteiger partial charge >= 0.3 is 6.09 Å². The molecule has 0 aliphatic carbocycles. The van der Waals surface area contributed by atoms with Crippen molar-refractivity contribution in [2.45, 2.75) is 58.3 Å². The Morgan fingerprint density at radius 1 is 1.18 bits per heavy atom. The van der Waals surface area contributed by atoms with E-state index in [1.807, 2.05) is 43.9 Å². The van der Waals surface area contributed by atoms with E-state index in [9.17, 15) is 14.7 Å². The molecule has 2 fully saturated rings. The summed E-state index contributed by atoms with van der Waals surface area (Å²) in [5.74, 6) is 0.427. The summed E-state index contributed by atoms with van der Waals surface area (Å²) < 4.78 is 8.06. The molecule has 2 unspecified atom stereocenters. The summed E-state index contributed by atoms with van der Waals surface area (Å²) in [5.41, 5.74) is 5.65. The van der Waals surface area contributed by atoms with Gasteiger partial charge < -0.3 is 29.5 Å². The summed E-state index contributed by atoms with van der Waals surface area (Å²) in [6.45, 7) is 6.97. The first-order valence-electron chi connectivity index (χ1n) is 15.3. The first-order chi connectivity index (χ1) is 21.2. The molecule has 0 saturated carbocycles. The van der Waals surface area contributed by atoms with Gasteiger partial charge in [0.05, 0.1) is 18.3 Å². The summed E-state index contributed by atoms with van der Waals surface area (Å²) in [7, 11) is 3.92. The minimum absolute atomic E-state index is 0.0925. The fourth-order valence-corrected chi connectivity index (χ4v) is 6.29. The Morgan fingerprint density at radius 3 is 2.73 bits per heavy atom. The van der Waals surface area contributed by atoms with Crippen molar-refractivity contribution in [1.82, 2.24) is 39.4 Å². The van der Waals surface area contributed by atoms with Crippen molar-refractivity contribution in [2.24, 2.45) is 0 Å². The van der Waals surface area contributed by atoms with Gasteiger partial charge in [-0.2, -0.15) is 5.10 Å². The van der Waals surface area contributed by atoms with E-state index >= 15 is 0 Å². The number of amides is 2. The second-order valence-corrected chi connectivity index (χ2v) is 11.9. The standard InChI is InChI=1S/C32H40N8O4/c1-5-39(32(42)43)18-22-15-33-16-25(20(22)2)21-9-10-27-24(14-21)29(36-40(27)28-8-6-7-13-44-28)30-34-17-26(35-30)31(41)38(4)23-11-12-37(3)19-23/h9-10,14-17,23,28H,5-8,11-13,18-19H2,1-4H3,(H,34,35)(H,42,43). The summed E-state index contributed by atoms with van der Waals surface area (Å²) in [6.07, 6.45) is 7.89. The highest BCUT2D eigenvalue weighted by molar-refractivity contribution is 5.97. The molecule has 6 rings (SSSR count). The van der Waals surface area contributed by atoms with Crippen LogP contribution in [-0.2, 0) is 11.3 Å². The topological polar surface area (TPSA) is 133 Å². The molecular formula is C32H40N8O4. The predicted molar refractivity (Wildman–Crippen MR) is 166 cm³/mol. The number of carboxylic acid groups (broad SMARTS) is 1. The first kappa shape index (κ1) is 29.8. The zero-order valence-electron chi connectivity index (χ0n) is 25.8. The molecule has 3 aromatic heterocycles. The van der Waals surface area contributed by atoms with Gasteiger partial charge in [0, 0.05) is 56.1 Å². The van der Waals surface area contributed by atoms with Crippen LogP contribution in [0.4, 0.5) is 4.79 Å². The molecule has 1 aromatic carbocycles. The molecule has 0 bridgehead atoms. The van der Waals surface area contributed by atoms with Crippen molar-refractivity contribution in [3.05, 3.63) is 53.6 Å². The lowest BCUT2D eigenvalue weighted by atomic mass is 9.97. The van der Waals surface area contributed by atoms with Crippen molar-refractivity contribution < 1.29 is 19.4 Å². The van der Waals surface area contributed by atoms with Gasteiger partial charge in [-0.05, 0) is 81.9 Å². The third-order valence-corrected chi connectivity index (χ3v) is 9.04. The van der Waals surface area contributed by atoms with Crippen molar-refractivity contribution in [3.8, 4) is 22.6 Å². The van der Waals surface area contributed by atoms with Gasteiger partial charge in [0.2, 0.25) is 0 Å². The van der Waals surface area contributed by atoms with Gasteiger partial charge in [-0.3, -0.25) is 9.78 Å². The number of nitrogens with zero attached hydrogens (tertiary/aromatic N) is 7. The molecule has 5 heterocycles. The fourth-order valence-electron chi connectivity index (χ4n) is 6.29. The van der Waals surface area contributed by atoms with Gasteiger partial charge in [0.1, 0.15) is 11.4 Å². The summed E-state index contributed by atoms with van der Waals surface area (Å²) >= 11 is 0. The number of likely N-dealkylation sites (tertiary alicyclic amines) is 1. The Morgan fingerprint density at radius 2 is 2.02 bits per heavy atom. The molecule has 12 nitrogen and oxygen atoms in total. The van der Waals surface area contributed by atoms with Gasteiger partial charge in [-0.15, -0.1) is 0 Å². The highest BCUT2D eigenvalue weighted by Gasteiger charge is 2.29. The second kappa shape index (κ2) is 12.4. The average molecular weight is 601 g/mol. The molecule has 2 N–H and O–H groups in total. The number of carbonyl (C=O) groups is 2. The summed E-state index contributed by atoms with van der Waals surface area (Å²) in [5, 5.41) is 15.4. The minimum Gasteiger partial charge on any atom is -0.465 e. The zero-order chi connectivity index (χ0) is 31.0. The molecular weight excluding hydrogens is 560 g/mol. The Kier molecular flexibility index (Phi) is 8.37. The van der Waals surface area contributed by atoms with Crippen LogP contribution in [0.3, 0.4) is 0 Å². The Hall–Kier alpha value is -4.29. The maximum absolute atomic E-state index is 13.4. The fraction of sp³-hybridized carbons (Fsp3) is 0.469. The van der Waals surface area contributed by atoms with Crippen molar-refractivity contribution in [2.75, 3.05) is 40.3 Å². The third kappa shape index (κ3) is 5.67. The van der Waals surface area contributed by atoms with E-state index in [0.717, 1.165) is 71.9 Å². The Bertz CT molecular complexity index is 1670. The number of aromatic amines is 1. The van der Waals surface area contributed by atoms with Crippen LogP contribution in [0.25, 0.3) is 33.5 Å². The Labute approximate surface area is 256 Å². The molecule has 0 radical (unpaired) electrons. The normalized spacial score (nSPS) is 19.0. The number of pyridine rings is 1. The average Bonchev–Trinajstić information content (AvgIpc) is 3.78. The number of H-pyrrole nitrogens is 1. The number of rotatable bonds is 8. The Balaban J connectivity index is 1.39. The van der Waals surface area contributed by atoms with Crippen LogP contribution < -0.4 is 0 Å². The molecule has 0 spiro atoms. The minimum atomic E-state index is -0.959. The van der Waals surface area contributed by atoms with E-state index < -0.39 is 6.09 Å². The molecule has 44 heavy (non-hydrogen) atoms. The number of benzene rings is 1. The SMILES string of the molecule is CCN(Cc1cncc(-c2ccc3c(c2)c(-c2ncc(C(=O)N(C)C4CCN(C)C4)[nH]2)nn3C2CCCCO2)c1C)C(=O)O. The van der Waals surface area contributed by atoms with Crippen LogP contribution >= 0.6 is 0 Å². The van der Waals surface area contributed by atoms with E-state index in [1.54, 1.807) is 17.3 Å². The number of aromatic nitrogens is 5. The van der Waals surface area contributed by atoms with Crippen molar-refractivity contribution in [3.63, 3.8) is 0 Å². The number of hydrogen-bond donors (Lipinski definition) is 2. The van der Waals surface area contributed by atoms with Crippen LogP contribution in [0.1, 0.15) is 60.5 Å². The number of nitrogens with one attached hydrogen (secondary N) is 1. The second-order valence-electron chi connectivity index (χ2n) is 11.9. The number of likely N-dealkylation sites (N-methyl/N-ethyl adjacent to an activating group) is 2.